The molecule has 0 aliphatic carbocycles. The molecular formula is C9H16N4O. The minimum absolute atomic E-state index is 0.744. The molecule has 0 aromatic carbocycles. The van der Waals surface area contributed by atoms with E-state index in [0.29, 0.717) is 0 Å². The lowest BCUT2D eigenvalue weighted by atomic mass is 10.5. The van der Waals surface area contributed by atoms with Crippen molar-refractivity contribution in [2.75, 3.05) is 38.7 Å². The molecule has 0 aliphatic heterocycles. The van der Waals surface area contributed by atoms with Crippen molar-refractivity contribution in [3.05, 3.63) is 18.6 Å². The third-order valence-corrected chi connectivity index (χ3v) is 1.67. The monoisotopic (exact) mass is 196 g/mol. The molecule has 0 aliphatic rings. The van der Waals surface area contributed by atoms with Crippen LogP contribution in [0.4, 0.5) is 5.82 Å². The van der Waals surface area contributed by atoms with Crippen LogP contribution in [0, 0.1) is 0 Å². The molecule has 1 rings (SSSR count). The maximum Gasteiger partial charge on any atom is 0.129 e. The van der Waals surface area contributed by atoms with E-state index in [4.69, 9.17) is 4.74 Å². The van der Waals surface area contributed by atoms with Gasteiger partial charge in [0.05, 0.1) is 6.61 Å². The van der Waals surface area contributed by atoms with Crippen LogP contribution in [0.3, 0.4) is 0 Å². The summed E-state index contributed by atoms with van der Waals surface area (Å²) in [4.78, 5) is 7.87. The molecule has 5 nitrogen and oxygen atoms in total. The Morgan fingerprint density at radius 3 is 3.00 bits per heavy atom. The van der Waals surface area contributed by atoms with Crippen molar-refractivity contribution >= 4 is 5.82 Å². The molecule has 2 N–H and O–H groups in total. The van der Waals surface area contributed by atoms with Crippen molar-refractivity contribution in [1.82, 2.24) is 15.3 Å². The highest BCUT2D eigenvalue weighted by Gasteiger charge is 1.90. The smallest absolute Gasteiger partial charge is 0.129 e. The zero-order valence-corrected chi connectivity index (χ0v) is 8.36. The molecule has 0 unspecified atom stereocenters. The second-order valence-corrected chi connectivity index (χ2v) is 2.76. The molecule has 14 heavy (non-hydrogen) atoms. The molecule has 0 bridgehead atoms. The van der Waals surface area contributed by atoms with Crippen LogP contribution in [-0.2, 0) is 4.74 Å². The Balaban J connectivity index is 1.99. The third kappa shape index (κ3) is 4.74. The number of hydrogen-bond donors (Lipinski definition) is 2. The Bertz CT molecular complexity index is 230. The molecule has 1 aromatic heterocycles. The quantitative estimate of drug-likeness (QED) is 0.607. The van der Waals surface area contributed by atoms with Crippen LogP contribution in [0.2, 0.25) is 0 Å². The summed E-state index contributed by atoms with van der Waals surface area (Å²) in [7, 11) is 1.70. The Morgan fingerprint density at radius 1 is 1.36 bits per heavy atom. The van der Waals surface area contributed by atoms with Gasteiger partial charge in [-0.1, -0.05) is 0 Å². The second-order valence-electron chi connectivity index (χ2n) is 2.76. The van der Waals surface area contributed by atoms with E-state index in [2.05, 4.69) is 20.6 Å². The average molecular weight is 196 g/mol. The molecule has 0 radical (unpaired) electrons. The van der Waals surface area contributed by atoms with Crippen molar-refractivity contribution in [2.24, 2.45) is 0 Å². The van der Waals surface area contributed by atoms with Crippen LogP contribution in [0.1, 0.15) is 0 Å². The highest BCUT2D eigenvalue weighted by Crippen LogP contribution is 1.95. The van der Waals surface area contributed by atoms with Gasteiger partial charge in [-0.2, -0.15) is 0 Å². The van der Waals surface area contributed by atoms with Gasteiger partial charge in [0.1, 0.15) is 12.1 Å². The molecule has 78 valence electrons. The topological polar surface area (TPSA) is 59.1 Å². The lowest BCUT2D eigenvalue weighted by Gasteiger charge is -2.05. The maximum atomic E-state index is 4.90. The maximum absolute atomic E-state index is 4.90. The Kier molecular flexibility index (Phi) is 5.62. The SMILES string of the molecule is COCCNCCNc1ccncn1. The molecule has 1 aromatic rings. The summed E-state index contributed by atoms with van der Waals surface area (Å²) in [5, 5.41) is 6.39. The molecule has 0 amide bonds. The van der Waals surface area contributed by atoms with Gasteiger partial charge < -0.3 is 15.4 Å². The van der Waals surface area contributed by atoms with Crippen LogP contribution < -0.4 is 10.6 Å². The summed E-state index contributed by atoms with van der Waals surface area (Å²) in [6.07, 6.45) is 3.24. The Hall–Kier alpha value is -1.20. The number of hydrogen-bond acceptors (Lipinski definition) is 5. The number of aromatic nitrogens is 2. The predicted molar refractivity (Wildman–Crippen MR) is 55.3 cm³/mol. The molecule has 0 spiro atoms. The number of anilines is 1. The standard InChI is InChI=1S/C9H16N4O/c1-14-7-6-10-4-5-12-9-2-3-11-8-13-9/h2-3,8,10H,4-7H2,1H3,(H,11,12,13). The summed E-state index contributed by atoms with van der Waals surface area (Å²) in [6, 6.07) is 1.84. The zero-order valence-electron chi connectivity index (χ0n) is 8.36. The van der Waals surface area contributed by atoms with Crippen molar-refractivity contribution in [1.29, 1.82) is 0 Å². The van der Waals surface area contributed by atoms with E-state index in [0.717, 1.165) is 32.1 Å². The van der Waals surface area contributed by atoms with E-state index in [1.807, 2.05) is 6.07 Å². The van der Waals surface area contributed by atoms with Crippen molar-refractivity contribution in [3.63, 3.8) is 0 Å². The Labute approximate surface area is 83.9 Å². The number of methoxy groups -OCH3 is 1. The highest BCUT2D eigenvalue weighted by atomic mass is 16.5. The number of rotatable bonds is 7. The second kappa shape index (κ2) is 7.23. The molecule has 0 atom stereocenters. The highest BCUT2D eigenvalue weighted by molar-refractivity contribution is 5.31. The summed E-state index contributed by atoms with van der Waals surface area (Å²) >= 11 is 0. The van der Waals surface area contributed by atoms with E-state index < -0.39 is 0 Å². The van der Waals surface area contributed by atoms with Crippen molar-refractivity contribution < 1.29 is 4.74 Å². The van der Waals surface area contributed by atoms with Crippen LogP contribution in [0.15, 0.2) is 18.6 Å². The number of nitrogens with one attached hydrogen (secondary N) is 2. The van der Waals surface area contributed by atoms with Crippen LogP contribution >= 0.6 is 0 Å². The van der Waals surface area contributed by atoms with Crippen molar-refractivity contribution in [2.45, 2.75) is 0 Å². The first-order chi connectivity index (χ1) is 6.93. The minimum Gasteiger partial charge on any atom is -0.383 e. The lowest BCUT2D eigenvalue weighted by molar-refractivity contribution is 0.200. The van der Waals surface area contributed by atoms with E-state index >= 15 is 0 Å². The predicted octanol–water partition coefficient (Wildman–Crippen LogP) is 0.124. The lowest BCUT2D eigenvalue weighted by Crippen LogP contribution is -2.25. The third-order valence-electron chi connectivity index (χ3n) is 1.67. The first kappa shape index (κ1) is 10.9. The molecular weight excluding hydrogens is 180 g/mol. The van der Waals surface area contributed by atoms with Gasteiger partial charge in [-0.3, -0.25) is 0 Å². The fourth-order valence-corrected chi connectivity index (χ4v) is 0.973. The van der Waals surface area contributed by atoms with Crippen LogP contribution in [-0.4, -0.2) is 43.3 Å². The minimum atomic E-state index is 0.744. The van der Waals surface area contributed by atoms with Crippen LogP contribution in [0.5, 0.6) is 0 Å². The summed E-state index contributed by atoms with van der Waals surface area (Å²) in [6.45, 7) is 3.36. The summed E-state index contributed by atoms with van der Waals surface area (Å²) in [5.74, 6) is 0.855. The first-order valence-electron chi connectivity index (χ1n) is 4.63. The van der Waals surface area contributed by atoms with E-state index in [-0.39, 0.29) is 0 Å². The molecule has 1 heterocycles. The van der Waals surface area contributed by atoms with Crippen molar-refractivity contribution in [3.8, 4) is 0 Å². The number of ether oxygens (including phenoxy) is 1. The zero-order chi connectivity index (χ0) is 10.1. The van der Waals surface area contributed by atoms with E-state index in [1.54, 1.807) is 13.3 Å². The normalized spacial score (nSPS) is 10.1. The largest absolute Gasteiger partial charge is 0.383 e. The van der Waals surface area contributed by atoms with Gasteiger partial charge in [0.15, 0.2) is 0 Å². The number of nitrogens with zero attached hydrogens (tertiary/aromatic N) is 2. The first-order valence-corrected chi connectivity index (χ1v) is 4.63. The summed E-state index contributed by atoms with van der Waals surface area (Å²) in [5.41, 5.74) is 0. The fraction of sp³-hybridized carbons (Fsp3) is 0.556. The summed E-state index contributed by atoms with van der Waals surface area (Å²) < 4.78 is 4.90. The molecule has 0 saturated carbocycles. The van der Waals surface area contributed by atoms with Gasteiger partial charge in [-0.25, -0.2) is 9.97 Å². The molecule has 0 saturated heterocycles. The van der Waals surface area contributed by atoms with Gasteiger partial charge in [0, 0.05) is 32.9 Å². The van der Waals surface area contributed by atoms with Gasteiger partial charge in [-0.05, 0) is 6.07 Å². The van der Waals surface area contributed by atoms with Gasteiger partial charge in [-0.15, -0.1) is 0 Å². The fourth-order valence-electron chi connectivity index (χ4n) is 0.973. The van der Waals surface area contributed by atoms with Gasteiger partial charge >= 0.3 is 0 Å². The van der Waals surface area contributed by atoms with Gasteiger partial charge in [0.2, 0.25) is 0 Å². The average Bonchev–Trinajstić information content (AvgIpc) is 2.25. The van der Waals surface area contributed by atoms with Gasteiger partial charge in [0.25, 0.3) is 0 Å². The van der Waals surface area contributed by atoms with Crippen LogP contribution in [0.25, 0.3) is 0 Å². The van der Waals surface area contributed by atoms with E-state index in [1.165, 1.54) is 6.33 Å². The van der Waals surface area contributed by atoms with E-state index in [9.17, 15) is 0 Å². The molecule has 5 heteroatoms. The molecule has 0 fully saturated rings. The Morgan fingerprint density at radius 2 is 2.29 bits per heavy atom.